The van der Waals surface area contributed by atoms with Gasteiger partial charge in [0.1, 0.15) is 0 Å². The second-order valence-corrected chi connectivity index (χ2v) is 5.75. The number of benzene rings is 2. The van der Waals surface area contributed by atoms with Crippen LogP contribution in [0.5, 0.6) is 0 Å². The topological polar surface area (TPSA) is 49.3 Å². The van der Waals surface area contributed by atoms with Gasteiger partial charge in [0.15, 0.2) is 6.10 Å². The van der Waals surface area contributed by atoms with Crippen LogP contribution < -0.4 is 5.32 Å². The fourth-order valence-corrected chi connectivity index (χ4v) is 1.97. The lowest BCUT2D eigenvalue weighted by molar-refractivity contribution is -0.131. The van der Waals surface area contributed by atoms with Gasteiger partial charge in [0.25, 0.3) is 5.91 Å². The van der Waals surface area contributed by atoms with Gasteiger partial charge in [-0.15, -0.1) is 0 Å². The summed E-state index contributed by atoms with van der Waals surface area (Å²) in [6, 6.07) is 13.4. The van der Waals surface area contributed by atoms with Gasteiger partial charge in [0, 0.05) is 5.54 Å². The quantitative estimate of drug-likeness (QED) is 0.869. The number of amides is 1. The van der Waals surface area contributed by atoms with Gasteiger partial charge in [-0.25, -0.2) is 0 Å². The summed E-state index contributed by atoms with van der Waals surface area (Å²) in [5.74, 6) is -0.372. The first-order valence-electron chi connectivity index (χ1n) is 6.36. The van der Waals surface area contributed by atoms with E-state index >= 15 is 0 Å². The molecule has 0 aromatic heterocycles. The Hall–Kier alpha value is -1.87. The molecule has 0 saturated heterocycles. The molecular weight excluding hydrogens is 238 g/mol. The van der Waals surface area contributed by atoms with E-state index in [1.165, 1.54) is 0 Å². The number of nitrogens with one attached hydrogen (secondary N) is 1. The molecule has 19 heavy (non-hydrogen) atoms. The highest BCUT2D eigenvalue weighted by Crippen LogP contribution is 2.21. The van der Waals surface area contributed by atoms with Crippen molar-refractivity contribution in [1.82, 2.24) is 5.32 Å². The van der Waals surface area contributed by atoms with Crippen molar-refractivity contribution in [1.29, 1.82) is 0 Å². The lowest BCUT2D eigenvalue weighted by Gasteiger charge is -2.22. The van der Waals surface area contributed by atoms with E-state index in [2.05, 4.69) is 5.32 Å². The molecule has 0 heterocycles. The van der Waals surface area contributed by atoms with Gasteiger partial charge in [-0.05, 0) is 43.2 Å². The van der Waals surface area contributed by atoms with Gasteiger partial charge in [-0.1, -0.05) is 36.4 Å². The number of carbonyl (C=O) groups excluding carboxylic acids is 1. The third-order valence-corrected chi connectivity index (χ3v) is 2.84. The zero-order chi connectivity index (χ0) is 14.0. The van der Waals surface area contributed by atoms with Crippen LogP contribution in [0.3, 0.4) is 0 Å². The Balaban J connectivity index is 2.26. The lowest BCUT2D eigenvalue weighted by atomic mass is 10.0. The molecular formula is C16H19NO2. The van der Waals surface area contributed by atoms with Crippen LogP contribution in [0.25, 0.3) is 10.8 Å². The van der Waals surface area contributed by atoms with Crippen LogP contribution in [0.2, 0.25) is 0 Å². The molecule has 0 spiro atoms. The van der Waals surface area contributed by atoms with Gasteiger partial charge >= 0.3 is 0 Å². The van der Waals surface area contributed by atoms with Crippen LogP contribution in [-0.2, 0) is 4.79 Å². The molecule has 2 rings (SSSR count). The van der Waals surface area contributed by atoms with Crippen molar-refractivity contribution in [2.45, 2.75) is 32.4 Å². The Kier molecular flexibility index (Phi) is 3.58. The summed E-state index contributed by atoms with van der Waals surface area (Å²) < 4.78 is 0. The molecule has 3 heteroatoms. The second kappa shape index (κ2) is 5.02. The maximum absolute atomic E-state index is 11.9. The van der Waals surface area contributed by atoms with Crippen LogP contribution in [-0.4, -0.2) is 16.6 Å². The Morgan fingerprint density at radius 2 is 1.74 bits per heavy atom. The Bertz CT molecular complexity index is 599. The van der Waals surface area contributed by atoms with Gasteiger partial charge in [-0.2, -0.15) is 0 Å². The molecule has 1 amide bonds. The van der Waals surface area contributed by atoms with Crippen molar-refractivity contribution in [3.05, 3.63) is 48.0 Å². The van der Waals surface area contributed by atoms with Crippen LogP contribution in [0, 0.1) is 0 Å². The maximum Gasteiger partial charge on any atom is 0.253 e. The number of fused-ring (bicyclic) bond motifs is 1. The number of aliphatic hydroxyl groups excluding tert-OH is 1. The minimum absolute atomic E-state index is 0.352. The first-order valence-corrected chi connectivity index (χ1v) is 6.36. The van der Waals surface area contributed by atoms with Gasteiger partial charge < -0.3 is 10.4 Å². The minimum atomic E-state index is -1.14. The van der Waals surface area contributed by atoms with E-state index in [4.69, 9.17) is 0 Å². The molecule has 0 radical (unpaired) electrons. The van der Waals surface area contributed by atoms with Gasteiger partial charge in [0.2, 0.25) is 0 Å². The van der Waals surface area contributed by atoms with Crippen LogP contribution >= 0.6 is 0 Å². The van der Waals surface area contributed by atoms with Gasteiger partial charge in [-0.3, -0.25) is 4.79 Å². The summed E-state index contributed by atoms with van der Waals surface area (Å²) in [5, 5.41) is 15.0. The van der Waals surface area contributed by atoms with E-state index in [9.17, 15) is 9.90 Å². The van der Waals surface area contributed by atoms with E-state index in [-0.39, 0.29) is 11.4 Å². The highest BCUT2D eigenvalue weighted by molar-refractivity contribution is 5.87. The van der Waals surface area contributed by atoms with Crippen molar-refractivity contribution in [3.8, 4) is 0 Å². The second-order valence-electron chi connectivity index (χ2n) is 5.75. The maximum atomic E-state index is 11.9. The van der Waals surface area contributed by atoms with E-state index in [0.29, 0.717) is 5.56 Å². The monoisotopic (exact) mass is 257 g/mol. The predicted octanol–water partition coefficient (Wildman–Crippen LogP) is 2.79. The smallest absolute Gasteiger partial charge is 0.253 e. The van der Waals surface area contributed by atoms with Crippen molar-refractivity contribution in [2.75, 3.05) is 0 Å². The number of hydrogen-bond acceptors (Lipinski definition) is 2. The largest absolute Gasteiger partial charge is 0.378 e. The number of hydrogen-bond donors (Lipinski definition) is 2. The minimum Gasteiger partial charge on any atom is -0.378 e. The first kappa shape index (κ1) is 13.6. The average Bonchev–Trinajstić information content (AvgIpc) is 2.35. The zero-order valence-corrected chi connectivity index (χ0v) is 11.5. The van der Waals surface area contributed by atoms with E-state index in [1.807, 2.05) is 57.2 Å². The Labute approximate surface area is 113 Å². The molecule has 0 fully saturated rings. The summed E-state index contributed by atoms with van der Waals surface area (Å²) in [6.45, 7) is 5.66. The molecule has 2 aromatic rings. The molecule has 0 unspecified atom stereocenters. The molecule has 0 aliphatic heterocycles. The van der Waals surface area contributed by atoms with E-state index in [1.54, 1.807) is 6.07 Å². The van der Waals surface area contributed by atoms with Crippen molar-refractivity contribution in [3.63, 3.8) is 0 Å². The fourth-order valence-electron chi connectivity index (χ4n) is 1.97. The molecule has 2 N–H and O–H groups in total. The number of aliphatic hydroxyl groups is 1. The summed E-state index contributed by atoms with van der Waals surface area (Å²) in [7, 11) is 0. The molecule has 2 aromatic carbocycles. The van der Waals surface area contributed by atoms with E-state index in [0.717, 1.165) is 10.8 Å². The standard InChI is InChI=1S/C16H19NO2/c1-16(2,3)17-15(19)14(18)13-9-8-11-6-4-5-7-12(11)10-13/h4-10,14,18H,1-3H3,(H,17,19)/t14-/m1/s1. The van der Waals surface area contributed by atoms with Gasteiger partial charge in [0.05, 0.1) is 0 Å². The molecule has 0 aliphatic carbocycles. The lowest BCUT2D eigenvalue weighted by Crippen LogP contribution is -2.43. The molecule has 3 nitrogen and oxygen atoms in total. The third-order valence-electron chi connectivity index (χ3n) is 2.84. The summed E-state index contributed by atoms with van der Waals surface area (Å²) in [6.07, 6.45) is -1.14. The predicted molar refractivity (Wildman–Crippen MR) is 76.8 cm³/mol. The SMILES string of the molecule is CC(C)(C)NC(=O)[C@H](O)c1ccc2ccccc2c1. The summed E-state index contributed by atoms with van der Waals surface area (Å²) in [4.78, 5) is 11.9. The number of carbonyl (C=O) groups is 1. The molecule has 0 bridgehead atoms. The molecule has 100 valence electrons. The highest BCUT2D eigenvalue weighted by Gasteiger charge is 2.22. The van der Waals surface area contributed by atoms with Crippen molar-refractivity contribution < 1.29 is 9.90 Å². The molecule has 1 atom stereocenters. The molecule has 0 saturated carbocycles. The Morgan fingerprint density at radius 3 is 2.37 bits per heavy atom. The van der Waals surface area contributed by atoms with Crippen LogP contribution in [0.4, 0.5) is 0 Å². The van der Waals surface area contributed by atoms with Crippen molar-refractivity contribution >= 4 is 16.7 Å². The third kappa shape index (κ3) is 3.32. The molecule has 0 aliphatic rings. The van der Waals surface area contributed by atoms with Crippen LogP contribution in [0.1, 0.15) is 32.4 Å². The highest BCUT2D eigenvalue weighted by atomic mass is 16.3. The van der Waals surface area contributed by atoms with E-state index < -0.39 is 6.10 Å². The normalized spacial score (nSPS) is 13.3. The fraction of sp³-hybridized carbons (Fsp3) is 0.312. The number of rotatable bonds is 2. The van der Waals surface area contributed by atoms with Crippen molar-refractivity contribution in [2.24, 2.45) is 0 Å². The summed E-state index contributed by atoms with van der Waals surface area (Å²) in [5.41, 5.74) is 0.259. The van der Waals surface area contributed by atoms with Crippen LogP contribution in [0.15, 0.2) is 42.5 Å². The zero-order valence-electron chi connectivity index (χ0n) is 11.5. The first-order chi connectivity index (χ1) is 8.87. The average molecular weight is 257 g/mol. The summed E-state index contributed by atoms with van der Waals surface area (Å²) >= 11 is 0. The Morgan fingerprint density at radius 1 is 1.11 bits per heavy atom.